The number of para-hydroxylation sites is 2. The maximum absolute atomic E-state index is 13.3. The van der Waals surface area contributed by atoms with Crippen molar-refractivity contribution in [1.29, 1.82) is 0 Å². The second kappa shape index (κ2) is 7.54. The lowest BCUT2D eigenvalue weighted by atomic mass is 10.1. The zero-order valence-corrected chi connectivity index (χ0v) is 15.2. The number of aryl methyl sites for hydroxylation is 1. The van der Waals surface area contributed by atoms with Gasteiger partial charge in [0, 0.05) is 5.69 Å². The van der Waals surface area contributed by atoms with Gasteiger partial charge >= 0.3 is 0 Å². The van der Waals surface area contributed by atoms with Crippen LogP contribution in [0.15, 0.2) is 78.9 Å². The van der Waals surface area contributed by atoms with Crippen molar-refractivity contribution in [2.45, 2.75) is 19.6 Å². The van der Waals surface area contributed by atoms with Crippen molar-refractivity contribution in [2.24, 2.45) is 0 Å². The Morgan fingerprint density at radius 3 is 2.33 bits per heavy atom. The van der Waals surface area contributed by atoms with E-state index in [1.54, 1.807) is 4.90 Å². The monoisotopic (exact) mass is 359 g/mol. The Kier molecular flexibility index (Phi) is 4.79. The van der Waals surface area contributed by atoms with Crippen molar-refractivity contribution < 1.29 is 14.3 Å². The molecular weight excluding hydrogens is 338 g/mol. The summed E-state index contributed by atoms with van der Waals surface area (Å²) in [5.41, 5.74) is 3.05. The molecule has 0 unspecified atom stereocenters. The van der Waals surface area contributed by atoms with Crippen LogP contribution < -0.4 is 14.4 Å². The third-order valence-corrected chi connectivity index (χ3v) is 4.58. The fourth-order valence-electron chi connectivity index (χ4n) is 3.10. The fraction of sp³-hybridized carbons (Fsp3) is 0.174. The number of amides is 1. The van der Waals surface area contributed by atoms with Crippen LogP contribution in [-0.4, -0.2) is 18.6 Å². The van der Waals surface area contributed by atoms with Crippen molar-refractivity contribution in [3.63, 3.8) is 0 Å². The smallest absolute Gasteiger partial charge is 0.271 e. The van der Waals surface area contributed by atoms with Gasteiger partial charge in [0.05, 0.1) is 6.54 Å². The number of benzene rings is 3. The van der Waals surface area contributed by atoms with Gasteiger partial charge in [-0.15, -0.1) is 0 Å². The standard InChI is InChI=1S/C23H21NO3/c1-17-11-13-19(14-12-17)24(15-18-7-3-2-4-8-18)23(25)22-16-26-20-9-5-6-10-21(20)27-22/h2-14,22H,15-16H2,1H3/t22-/m0/s1. The summed E-state index contributed by atoms with van der Waals surface area (Å²) >= 11 is 0. The van der Waals surface area contributed by atoms with Crippen LogP contribution in [0.5, 0.6) is 11.5 Å². The summed E-state index contributed by atoms with van der Waals surface area (Å²) in [4.78, 5) is 15.1. The first-order valence-corrected chi connectivity index (χ1v) is 9.01. The van der Waals surface area contributed by atoms with E-state index < -0.39 is 6.10 Å². The Bertz CT molecular complexity index is 922. The molecule has 1 aliphatic rings. The van der Waals surface area contributed by atoms with Crippen LogP contribution in [0, 0.1) is 6.92 Å². The minimum absolute atomic E-state index is 0.114. The summed E-state index contributed by atoms with van der Waals surface area (Å²) in [6.07, 6.45) is -0.676. The van der Waals surface area contributed by atoms with Crippen LogP contribution in [0.4, 0.5) is 5.69 Å². The Labute approximate surface area is 159 Å². The lowest BCUT2D eigenvalue weighted by Gasteiger charge is -2.31. The van der Waals surface area contributed by atoms with E-state index in [4.69, 9.17) is 9.47 Å². The zero-order valence-electron chi connectivity index (χ0n) is 15.2. The molecule has 4 rings (SSSR count). The highest BCUT2D eigenvalue weighted by molar-refractivity contribution is 5.97. The first-order chi connectivity index (χ1) is 13.2. The van der Waals surface area contributed by atoms with Crippen LogP contribution in [0.25, 0.3) is 0 Å². The van der Waals surface area contributed by atoms with Crippen LogP contribution in [-0.2, 0) is 11.3 Å². The second-order valence-electron chi connectivity index (χ2n) is 6.61. The van der Waals surface area contributed by atoms with E-state index in [0.29, 0.717) is 18.0 Å². The lowest BCUT2D eigenvalue weighted by molar-refractivity contribution is -0.127. The normalized spacial score (nSPS) is 15.2. The summed E-state index contributed by atoms with van der Waals surface area (Å²) in [7, 11) is 0. The van der Waals surface area contributed by atoms with Gasteiger partial charge in [0.2, 0.25) is 6.10 Å². The fourth-order valence-corrected chi connectivity index (χ4v) is 3.10. The van der Waals surface area contributed by atoms with Crippen molar-refractivity contribution in [3.05, 3.63) is 90.0 Å². The first-order valence-electron chi connectivity index (χ1n) is 9.01. The summed E-state index contributed by atoms with van der Waals surface area (Å²) < 4.78 is 11.7. The number of hydrogen-bond acceptors (Lipinski definition) is 3. The van der Waals surface area contributed by atoms with Gasteiger partial charge in [0.15, 0.2) is 11.5 Å². The minimum atomic E-state index is -0.676. The number of anilines is 1. The molecular formula is C23H21NO3. The number of hydrogen-bond donors (Lipinski definition) is 0. The topological polar surface area (TPSA) is 38.8 Å². The number of ether oxygens (including phenoxy) is 2. The molecule has 3 aromatic rings. The predicted molar refractivity (Wildman–Crippen MR) is 105 cm³/mol. The number of carbonyl (C=O) groups is 1. The molecule has 1 atom stereocenters. The van der Waals surface area contributed by atoms with Crippen LogP contribution in [0.1, 0.15) is 11.1 Å². The van der Waals surface area contributed by atoms with Crippen molar-refractivity contribution in [1.82, 2.24) is 0 Å². The average molecular weight is 359 g/mol. The SMILES string of the molecule is Cc1ccc(N(Cc2ccccc2)C(=O)[C@@H]2COc3ccccc3O2)cc1. The highest BCUT2D eigenvalue weighted by Gasteiger charge is 2.31. The molecule has 0 saturated carbocycles. The molecule has 0 radical (unpaired) electrons. The van der Waals surface area contributed by atoms with Crippen molar-refractivity contribution in [3.8, 4) is 11.5 Å². The predicted octanol–water partition coefficient (Wildman–Crippen LogP) is 4.37. The van der Waals surface area contributed by atoms with Gasteiger partial charge in [-0.2, -0.15) is 0 Å². The molecule has 1 amide bonds. The molecule has 0 N–H and O–H groups in total. The van der Waals surface area contributed by atoms with Gasteiger partial charge in [-0.1, -0.05) is 60.2 Å². The summed E-state index contributed by atoms with van der Waals surface area (Å²) in [6, 6.07) is 25.3. The Morgan fingerprint density at radius 1 is 0.926 bits per heavy atom. The molecule has 1 heterocycles. The Balaban J connectivity index is 1.61. The van der Waals surface area contributed by atoms with Gasteiger partial charge in [0.25, 0.3) is 5.91 Å². The van der Waals surface area contributed by atoms with E-state index in [-0.39, 0.29) is 12.5 Å². The van der Waals surface area contributed by atoms with Crippen molar-refractivity contribution in [2.75, 3.05) is 11.5 Å². The van der Waals surface area contributed by atoms with E-state index in [0.717, 1.165) is 16.8 Å². The first kappa shape index (κ1) is 17.2. The summed E-state index contributed by atoms with van der Waals surface area (Å²) in [5.74, 6) is 1.16. The molecule has 0 saturated heterocycles. The largest absolute Gasteiger partial charge is 0.485 e. The Morgan fingerprint density at radius 2 is 1.59 bits per heavy atom. The average Bonchev–Trinajstić information content (AvgIpc) is 2.73. The minimum Gasteiger partial charge on any atom is -0.485 e. The van der Waals surface area contributed by atoms with Gasteiger partial charge in [-0.05, 0) is 36.8 Å². The lowest BCUT2D eigenvalue weighted by Crippen LogP contribution is -2.46. The number of nitrogens with zero attached hydrogens (tertiary/aromatic N) is 1. The van der Waals surface area contributed by atoms with Crippen molar-refractivity contribution >= 4 is 11.6 Å². The highest BCUT2D eigenvalue weighted by Crippen LogP contribution is 2.32. The number of fused-ring (bicyclic) bond motifs is 1. The van der Waals surface area contributed by atoms with E-state index >= 15 is 0 Å². The van der Waals surface area contributed by atoms with Gasteiger partial charge in [0.1, 0.15) is 6.61 Å². The molecule has 0 fully saturated rings. The third kappa shape index (κ3) is 3.80. The van der Waals surface area contributed by atoms with Gasteiger partial charge < -0.3 is 14.4 Å². The van der Waals surface area contributed by atoms with E-state index in [1.807, 2.05) is 85.8 Å². The summed E-state index contributed by atoms with van der Waals surface area (Å²) in [6.45, 7) is 2.71. The van der Waals surface area contributed by atoms with Crippen LogP contribution in [0.2, 0.25) is 0 Å². The van der Waals surface area contributed by atoms with Crippen LogP contribution >= 0.6 is 0 Å². The maximum Gasteiger partial charge on any atom is 0.271 e. The zero-order chi connectivity index (χ0) is 18.6. The molecule has 4 heteroatoms. The second-order valence-corrected chi connectivity index (χ2v) is 6.61. The highest BCUT2D eigenvalue weighted by atomic mass is 16.6. The molecule has 136 valence electrons. The van der Waals surface area contributed by atoms with E-state index in [2.05, 4.69) is 0 Å². The third-order valence-electron chi connectivity index (χ3n) is 4.58. The van der Waals surface area contributed by atoms with E-state index in [9.17, 15) is 4.79 Å². The maximum atomic E-state index is 13.3. The van der Waals surface area contributed by atoms with Crippen LogP contribution in [0.3, 0.4) is 0 Å². The number of carbonyl (C=O) groups excluding carboxylic acids is 1. The van der Waals surface area contributed by atoms with E-state index in [1.165, 1.54) is 0 Å². The van der Waals surface area contributed by atoms with Gasteiger partial charge in [-0.3, -0.25) is 4.79 Å². The molecule has 0 bridgehead atoms. The summed E-state index contributed by atoms with van der Waals surface area (Å²) in [5, 5.41) is 0. The molecule has 0 aliphatic carbocycles. The molecule has 0 spiro atoms. The van der Waals surface area contributed by atoms with Gasteiger partial charge in [-0.25, -0.2) is 0 Å². The quantitative estimate of drug-likeness (QED) is 0.694. The molecule has 27 heavy (non-hydrogen) atoms. The number of rotatable bonds is 4. The molecule has 3 aromatic carbocycles. The molecule has 0 aromatic heterocycles. The Hall–Kier alpha value is -3.27. The molecule has 1 aliphatic heterocycles. The molecule has 4 nitrogen and oxygen atoms in total.